The fraction of sp³-hybridized carbons (Fsp3) is 0.577. The summed E-state index contributed by atoms with van der Waals surface area (Å²) in [5, 5.41) is 0. The number of hydrogen-bond donors (Lipinski definition) is 0. The standard InChI is InChI=1S/C26H38N4O2/c1-20(2)32-25-10-6-5-9-24(25)29-17-15-28(16-18-29)19-22-12-13-23(27(22)4)21(3)30-14-8-7-11-26(30)31/h5-6,9-10,12-13,20-21H,7-8,11,14-19H2,1-4H3. The van der Waals surface area contributed by atoms with Crippen LogP contribution in [0.2, 0.25) is 0 Å². The number of nitrogens with zero attached hydrogens (tertiary/aromatic N) is 4. The van der Waals surface area contributed by atoms with E-state index in [2.05, 4.69) is 77.4 Å². The number of piperidine rings is 1. The molecule has 0 N–H and O–H groups in total. The van der Waals surface area contributed by atoms with Crippen molar-refractivity contribution in [2.75, 3.05) is 37.6 Å². The minimum absolute atomic E-state index is 0.135. The summed E-state index contributed by atoms with van der Waals surface area (Å²) in [5.74, 6) is 1.27. The molecule has 1 aromatic heterocycles. The average molecular weight is 439 g/mol. The van der Waals surface area contributed by atoms with E-state index in [1.54, 1.807) is 0 Å². The van der Waals surface area contributed by atoms with E-state index in [-0.39, 0.29) is 12.1 Å². The highest BCUT2D eigenvalue weighted by molar-refractivity contribution is 5.77. The minimum atomic E-state index is 0.135. The molecule has 0 bridgehead atoms. The molecule has 0 saturated carbocycles. The largest absolute Gasteiger partial charge is 0.489 e. The monoisotopic (exact) mass is 438 g/mol. The quantitative estimate of drug-likeness (QED) is 0.649. The van der Waals surface area contributed by atoms with Crippen LogP contribution >= 0.6 is 0 Å². The Bertz CT molecular complexity index is 914. The molecule has 2 saturated heterocycles. The van der Waals surface area contributed by atoms with Gasteiger partial charge < -0.3 is 19.1 Å². The highest BCUT2D eigenvalue weighted by Gasteiger charge is 2.27. The summed E-state index contributed by atoms with van der Waals surface area (Å²) in [5.41, 5.74) is 3.74. The first kappa shape index (κ1) is 22.7. The highest BCUT2D eigenvalue weighted by atomic mass is 16.5. The molecule has 0 spiro atoms. The van der Waals surface area contributed by atoms with Gasteiger partial charge in [0, 0.05) is 64.1 Å². The number of para-hydroxylation sites is 2. The lowest BCUT2D eigenvalue weighted by molar-refractivity contribution is -0.135. The molecule has 6 heteroatoms. The Morgan fingerprint density at radius 1 is 0.938 bits per heavy atom. The van der Waals surface area contributed by atoms with Crippen LogP contribution < -0.4 is 9.64 Å². The molecule has 1 unspecified atom stereocenters. The van der Waals surface area contributed by atoms with Gasteiger partial charge in [0.15, 0.2) is 0 Å². The van der Waals surface area contributed by atoms with Crippen molar-refractivity contribution in [1.82, 2.24) is 14.4 Å². The number of hydrogen-bond acceptors (Lipinski definition) is 4. The summed E-state index contributed by atoms with van der Waals surface area (Å²) in [4.78, 5) is 19.4. The zero-order chi connectivity index (χ0) is 22.7. The Morgan fingerprint density at radius 3 is 2.41 bits per heavy atom. The van der Waals surface area contributed by atoms with E-state index in [0.717, 1.165) is 57.9 Å². The van der Waals surface area contributed by atoms with Crippen LogP contribution in [0.1, 0.15) is 57.5 Å². The van der Waals surface area contributed by atoms with Crippen LogP contribution in [0.15, 0.2) is 36.4 Å². The number of likely N-dealkylation sites (tertiary alicyclic amines) is 1. The second kappa shape index (κ2) is 9.99. The number of carbonyl (C=O) groups is 1. The smallest absolute Gasteiger partial charge is 0.223 e. The number of ether oxygens (including phenoxy) is 1. The second-order valence-electron chi connectivity index (χ2n) is 9.43. The third-order valence-corrected chi connectivity index (χ3v) is 6.85. The van der Waals surface area contributed by atoms with Crippen molar-refractivity contribution >= 4 is 11.6 Å². The van der Waals surface area contributed by atoms with Crippen LogP contribution in [0.5, 0.6) is 5.75 Å². The van der Waals surface area contributed by atoms with Gasteiger partial charge in [0.05, 0.1) is 17.8 Å². The SMILES string of the molecule is CC(C)Oc1ccccc1N1CCN(Cc2ccc(C(C)N3CCCCC3=O)n2C)CC1. The van der Waals surface area contributed by atoms with E-state index in [1.807, 2.05) is 6.07 Å². The van der Waals surface area contributed by atoms with E-state index >= 15 is 0 Å². The van der Waals surface area contributed by atoms with Crippen molar-refractivity contribution in [2.45, 2.75) is 58.7 Å². The predicted molar refractivity (Wildman–Crippen MR) is 129 cm³/mol. The van der Waals surface area contributed by atoms with Crippen molar-refractivity contribution in [1.29, 1.82) is 0 Å². The molecule has 1 atom stereocenters. The predicted octanol–water partition coefficient (Wildman–Crippen LogP) is 4.21. The van der Waals surface area contributed by atoms with Gasteiger partial charge in [-0.05, 0) is 57.9 Å². The molecule has 0 aliphatic carbocycles. The highest BCUT2D eigenvalue weighted by Crippen LogP contribution is 2.30. The molecule has 4 rings (SSSR count). The van der Waals surface area contributed by atoms with Gasteiger partial charge in [-0.1, -0.05) is 12.1 Å². The average Bonchev–Trinajstić information content (AvgIpc) is 3.14. The van der Waals surface area contributed by atoms with Crippen LogP contribution in [0, 0.1) is 0 Å². The van der Waals surface area contributed by atoms with E-state index in [0.29, 0.717) is 12.3 Å². The normalized spacial score (nSPS) is 19.0. The molecule has 2 fully saturated rings. The van der Waals surface area contributed by atoms with Gasteiger partial charge in [-0.25, -0.2) is 0 Å². The van der Waals surface area contributed by atoms with Crippen molar-refractivity contribution < 1.29 is 9.53 Å². The molecule has 1 amide bonds. The number of amides is 1. The second-order valence-corrected chi connectivity index (χ2v) is 9.43. The summed E-state index contributed by atoms with van der Waals surface area (Å²) >= 11 is 0. The molecule has 0 radical (unpaired) electrons. The van der Waals surface area contributed by atoms with Gasteiger partial charge in [-0.3, -0.25) is 9.69 Å². The molecule has 2 aliphatic rings. The zero-order valence-electron chi connectivity index (χ0n) is 20.1. The maximum Gasteiger partial charge on any atom is 0.223 e. The maximum absolute atomic E-state index is 12.4. The van der Waals surface area contributed by atoms with Crippen molar-refractivity contribution in [3.8, 4) is 5.75 Å². The van der Waals surface area contributed by atoms with Gasteiger partial charge in [-0.2, -0.15) is 0 Å². The Labute approximate surface area is 192 Å². The van der Waals surface area contributed by atoms with E-state index in [1.165, 1.54) is 17.1 Å². The van der Waals surface area contributed by atoms with E-state index < -0.39 is 0 Å². The fourth-order valence-corrected chi connectivity index (χ4v) is 4.99. The number of piperazine rings is 1. The number of benzene rings is 1. The van der Waals surface area contributed by atoms with Gasteiger partial charge >= 0.3 is 0 Å². The molecular formula is C26H38N4O2. The van der Waals surface area contributed by atoms with Crippen molar-refractivity contribution in [3.63, 3.8) is 0 Å². The Morgan fingerprint density at radius 2 is 1.69 bits per heavy atom. The summed E-state index contributed by atoms with van der Waals surface area (Å²) in [6.45, 7) is 12.2. The summed E-state index contributed by atoms with van der Waals surface area (Å²) < 4.78 is 8.33. The molecular weight excluding hydrogens is 400 g/mol. The summed E-state index contributed by atoms with van der Waals surface area (Å²) in [7, 11) is 2.14. The van der Waals surface area contributed by atoms with Gasteiger partial charge in [0.2, 0.25) is 5.91 Å². The summed E-state index contributed by atoms with van der Waals surface area (Å²) in [6, 6.07) is 12.9. The molecule has 2 aliphatic heterocycles. The lowest BCUT2D eigenvalue weighted by atomic mass is 10.1. The van der Waals surface area contributed by atoms with E-state index in [4.69, 9.17) is 4.74 Å². The zero-order valence-corrected chi connectivity index (χ0v) is 20.1. The van der Waals surface area contributed by atoms with Crippen LogP contribution in [-0.2, 0) is 18.4 Å². The third kappa shape index (κ3) is 4.96. The molecule has 6 nitrogen and oxygen atoms in total. The maximum atomic E-state index is 12.4. The number of anilines is 1. The topological polar surface area (TPSA) is 41.0 Å². The molecule has 1 aromatic carbocycles. The molecule has 32 heavy (non-hydrogen) atoms. The number of carbonyl (C=O) groups excluding carboxylic acids is 1. The van der Waals surface area contributed by atoms with Crippen molar-refractivity contribution in [2.24, 2.45) is 7.05 Å². The third-order valence-electron chi connectivity index (χ3n) is 6.85. The van der Waals surface area contributed by atoms with Crippen LogP contribution in [0.25, 0.3) is 0 Å². The van der Waals surface area contributed by atoms with Crippen LogP contribution in [0.4, 0.5) is 5.69 Å². The fourth-order valence-electron chi connectivity index (χ4n) is 4.99. The van der Waals surface area contributed by atoms with Gasteiger partial charge in [0.1, 0.15) is 5.75 Å². The van der Waals surface area contributed by atoms with Crippen molar-refractivity contribution in [3.05, 3.63) is 47.8 Å². The molecule has 2 aromatic rings. The minimum Gasteiger partial charge on any atom is -0.489 e. The first-order chi connectivity index (χ1) is 15.4. The van der Waals surface area contributed by atoms with Gasteiger partial charge in [-0.15, -0.1) is 0 Å². The number of aromatic nitrogens is 1. The van der Waals surface area contributed by atoms with E-state index in [9.17, 15) is 4.79 Å². The van der Waals surface area contributed by atoms with Crippen LogP contribution in [-0.4, -0.2) is 59.1 Å². The lowest BCUT2D eigenvalue weighted by Crippen LogP contribution is -2.46. The Hall–Kier alpha value is -2.47. The Kier molecular flexibility index (Phi) is 7.09. The number of rotatable bonds is 7. The lowest BCUT2D eigenvalue weighted by Gasteiger charge is -2.37. The van der Waals surface area contributed by atoms with Gasteiger partial charge in [0.25, 0.3) is 0 Å². The first-order valence-corrected chi connectivity index (χ1v) is 12.1. The van der Waals surface area contributed by atoms with Crippen LogP contribution in [0.3, 0.4) is 0 Å². The molecule has 174 valence electrons. The summed E-state index contributed by atoms with van der Waals surface area (Å²) in [6.07, 6.45) is 3.01. The molecule has 3 heterocycles. The Balaban J connectivity index is 1.37. The first-order valence-electron chi connectivity index (χ1n) is 12.1.